The second-order valence-electron chi connectivity index (χ2n) is 6.90. The van der Waals surface area contributed by atoms with Gasteiger partial charge in [-0.05, 0) is 24.1 Å². The third kappa shape index (κ3) is 4.82. The molecule has 0 saturated heterocycles. The van der Waals surface area contributed by atoms with E-state index in [0.717, 1.165) is 11.3 Å². The average molecular weight is 417 g/mol. The molecule has 10 heteroatoms. The summed E-state index contributed by atoms with van der Waals surface area (Å²) in [6.07, 6.45) is 1.04. The van der Waals surface area contributed by atoms with Gasteiger partial charge in [0.05, 0.1) is 11.9 Å². The molecule has 0 bridgehead atoms. The van der Waals surface area contributed by atoms with Crippen molar-refractivity contribution >= 4 is 0 Å². The summed E-state index contributed by atoms with van der Waals surface area (Å²) < 4.78 is 40.8. The SMILES string of the molecule is O=c1[nH]c(-c2cnccn2)nc2c1CCN(Cc1ccc(OC(F)(F)F)cc1)CC2. The number of halogens is 3. The molecule has 0 fully saturated rings. The zero-order valence-electron chi connectivity index (χ0n) is 15.8. The van der Waals surface area contributed by atoms with E-state index >= 15 is 0 Å². The van der Waals surface area contributed by atoms with Gasteiger partial charge in [-0.15, -0.1) is 13.2 Å². The van der Waals surface area contributed by atoms with Crippen LogP contribution in [0.25, 0.3) is 11.5 Å². The molecule has 0 saturated carbocycles. The summed E-state index contributed by atoms with van der Waals surface area (Å²) in [6, 6.07) is 5.82. The summed E-state index contributed by atoms with van der Waals surface area (Å²) >= 11 is 0. The zero-order chi connectivity index (χ0) is 21.1. The third-order valence-corrected chi connectivity index (χ3v) is 4.81. The van der Waals surface area contributed by atoms with Crippen LogP contribution in [-0.4, -0.2) is 44.3 Å². The fourth-order valence-corrected chi connectivity index (χ4v) is 3.41. The van der Waals surface area contributed by atoms with Gasteiger partial charge in [-0.2, -0.15) is 0 Å². The molecule has 1 aromatic carbocycles. The summed E-state index contributed by atoms with van der Waals surface area (Å²) in [7, 11) is 0. The molecular formula is C20H18F3N5O2. The molecule has 1 N–H and O–H groups in total. The highest BCUT2D eigenvalue weighted by Crippen LogP contribution is 2.23. The number of aromatic nitrogens is 4. The number of nitrogens with zero attached hydrogens (tertiary/aromatic N) is 4. The molecule has 0 aliphatic carbocycles. The summed E-state index contributed by atoms with van der Waals surface area (Å²) in [4.78, 5) is 30.2. The molecular weight excluding hydrogens is 399 g/mol. The number of nitrogens with one attached hydrogen (secondary N) is 1. The molecule has 0 unspecified atom stereocenters. The molecule has 156 valence electrons. The quantitative estimate of drug-likeness (QED) is 0.703. The van der Waals surface area contributed by atoms with E-state index in [0.29, 0.717) is 49.6 Å². The first-order valence-electron chi connectivity index (χ1n) is 9.33. The van der Waals surface area contributed by atoms with E-state index in [1.807, 2.05) is 0 Å². The lowest BCUT2D eigenvalue weighted by atomic mass is 10.1. The van der Waals surface area contributed by atoms with Crippen molar-refractivity contribution in [1.29, 1.82) is 0 Å². The summed E-state index contributed by atoms with van der Waals surface area (Å²) in [5.41, 5.74) is 2.56. The lowest BCUT2D eigenvalue weighted by molar-refractivity contribution is -0.274. The van der Waals surface area contributed by atoms with E-state index in [-0.39, 0.29) is 11.3 Å². The topological polar surface area (TPSA) is 84.0 Å². The van der Waals surface area contributed by atoms with Crippen LogP contribution in [0.3, 0.4) is 0 Å². The van der Waals surface area contributed by atoms with Crippen LogP contribution in [0.4, 0.5) is 13.2 Å². The Labute approximate surface area is 169 Å². The van der Waals surface area contributed by atoms with Gasteiger partial charge in [-0.25, -0.2) is 9.97 Å². The van der Waals surface area contributed by atoms with Crippen molar-refractivity contribution in [3.05, 3.63) is 70.0 Å². The van der Waals surface area contributed by atoms with Crippen LogP contribution in [-0.2, 0) is 19.4 Å². The minimum Gasteiger partial charge on any atom is -0.406 e. The first-order chi connectivity index (χ1) is 14.4. The predicted molar refractivity (Wildman–Crippen MR) is 102 cm³/mol. The van der Waals surface area contributed by atoms with E-state index in [9.17, 15) is 18.0 Å². The molecule has 0 radical (unpaired) electrons. The van der Waals surface area contributed by atoms with Gasteiger partial charge in [0.2, 0.25) is 0 Å². The number of hydrogen-bond donors (Lipinski definition) is 1. The highest BCUT2D eigenvalue weighted by molar-refractivity contribution is 5.47. The van der Waals surface area contributed by atoms with Crippen LogP contribution in [0.1, 0.15) is 16.8 Å². The Morgan fingerprint density at radius 3 is 2.57 bits per heavy atom. The maximum Gasteiger partial charge on any atom is 0.573 e. The number of alkyl halides is 3. The van der Waals surface area contributed by atoms with Crippen LogP contribution >= 0.6 is 0 Å². The zero-order valence-corrected chi connectivity index (χ0v) is 15.8. The van der Waals surface area contributed by atoms with Crippen molar-refractivity contribution < 1.29 is 17.9 Å². The minimum absolute atomic E-state index is 0.184. The summed E-state index contributed by atoms with van der Waals surface area (Å²) in [5.74, 6) is 0.141. The van der Waals surface area contributed by atoms with Gasteiger partial charge in [0.25, 0.3) is 5.56 Å². The molecule has 4 rings (SSSR count). The normalized spacial score (nSPS) is 14.8. The monoisotopic (exact) mass is 417 g/mol. The Bertz CT molecular complexity index is 1070. The van der Waals surface area contributed by atoms with Crippen LogP contribution in [0.15, 0.2) is 47.7 Å². The smallest absolute Gasteiger partial charge is 0.406 e. The first kappa shape index (κ1) is 20.0. The van der Waals surface area contributed by atoms with Gasteiger partial charge in [-0.1, -0.05) is 12.1 Å². The Hall–Kier alpha value is -3.27. The van der Waals surface area contributed by atoms with Crippen molar-refractivity contribution in [1.82, 2.24) is 24.8 Å². The number of H-pyrrole nitrogens is 1. The van der Waals surface area contributed by atoms with E-state index in [2.05, 4.69) is 29.6 Å². The Morgan fingerprint density at radius 2 is 1.87 bits per heavy atom. The fraction of sp³-hybridized carbons (Fsp3) is 0.300. The number of ether oxygens (including phenoxy) is 1. The number of hydrogen-bond acceptors (Lipinski definition) is 6. The molecule has 30 heavy (non-hydrogen) atoms. The van der Waals surface area contributed by atoms with Gasteiger partial charge in [0.1, 0.15) is 11.4 Å². The van der Waals surface area contributed by atoms with E-state index in [1.54, 1.807) is 24.5 Å². The maximum atomic E-state index is 12.6. The average Bonchev–Trinajstić information content (AvgIpc) is 2.92. The molecule has 3 heterocycles. The summed E-state index contributed by atoms with van der Waals surface area (Å²) in [5, 5.41) is 0. The Morgan fingerprint density at radius 1 is 1.10 bits per heavy atom. The highest BCUT2D eigenvalue weighted by Gasteiger charge is 2.31. The Kier molecular flexibility index (Phi) is 5.49. The number of benzene rings is 1. The van der Waals surface area contributed by atoms with Crippen LogP contribution in [0.2, 0.25) is 0 Å². The van der Waals surface area contributed by atoms with Crippen molar-refractivity contribution in [2.24, 2.45) is 0 Å². The van der Waals surface area contributed by atoms with Gasteiger partial charge < -0.3 is 9.72 Å². The van der Waals surface area contributed by atoms with E-state index in [1.165, 1.54) is 18.3 Å². The largest absolute Gasteiger partial charge is 0.573 e. The molecule has 0 atom stereocenters. The van der Waals surface area contributed by atoms with E-state index < -0.39 is 6.36 Å². The minimum atomic E-state index is -4.71. The lowest BCUT2D eigenvalue weighted by Gasteiger charge is -2.19. The second-order valence-corrected chi connectivity index (χ2v) is 6.90. The van der Waals surface area contributed by atoms with Crippen molar-refractivity contribution in [2.75, 3.05) is 13.1 Å². The van der Waals surface area contributed by atoms with Gasteiger partial charge >= 0.3 is 6.36 Å². The van der Waals surface area contributed by atoms with Crippen LogP contribution in [0.5, 0.6) is 5.75 Å². The number of rotatable bonds is 4. The lowest BCUT2D eigenvalue weighted by Crippen LogP contribution is -2.26. The molecule has 2 aromatic heterocycles. The maximum absolute atomic E-state index is 12.6. The van der Waals surface area contributed by atoms with Crippen molar-refractivity contribution in [2.45, 2.75) is 25.7 Å². The second kappa shape index (κ2) is 8.23. The molecule has 1 aliphatic rings. The number of aromatic amines is 1. The molecule has 0 amide bonds. The Balaban J connectivity index is 1.45. The van der Waals surface area contributed by atoms with E-state index in [4.69, 9.17) is 0 Å². The van der Waals surface area contributed by atoms with Gasteiger partial charge in [0.15, 0.2) is 5.82 Å². The van der Waals surface area contributed by atoms with Gasteiger partial charge in [0, 0.05) is 44.0 Å². The van der Waals surface area contributed by atoms with Crippen LogP contribution in [0, 0.1) is 0 Å². The number of fused-ring (bicyclic) bond motifs is 1. The van der Waals surface area contributed by atoms with Gasteiger partial charge in [-0.3, -0.25) is 14.7 Å². The standard InChI is InChI=1S/C20H18F3N5O2/c21-20(22,23)30-14-3-1-13(2-4-14)12-28-9-5-15-16(6-10-28)26-18(27-19(15)29)17-11-24-7-8-25-17/h1-4,7-8,11H,5-6,9-10,12H2,(H,26,27,29). The molecule has 7 nitrogen and oxygen atoms in total. The molecule has 1 aliphatic heterocycles. The van der Waals surface area contributed by atoms with Crippen molar-refractivity contribution in [3.8, 4) is 17.3 Å². The highest BCUT2D eigenvalue weighted by atomic mass is 19.4. The van der Waals surface area contributed by atoms with Crippen LogP contribution < -0.4 is 10.3 Å². The fourth-order valence-electron chi connectivity index (χ4n) is 3.41. The van der Waals surface area contributed by atoms with Crippen molar-refractivity contribution in [3.63, 3.8) is 0 Å². The molecule has 0 spiro atoms. The first-order valence-corrected chi connectivity index (χ1v) is 9.33. The summed E-state index contributed by atoms with van der Waals surface area (Å²) in [6.45, 7) is 1.86. The third-order valence-electron chi connectivity index (χ3n) is 4.81. The molecule has 3 aromatic rings. The predicted octanol–water partition coefficient (Wildman–Crippen LogP) is 2.73.